The second-order valence-electron chi connectivity index (χ2n) is 5.67. The molecule has 1 unspecified atom stereocenters. The summed E-state index contributed by atoms with van der Waals surface area (Å²) in [5.74, 6) is -1.52. The molecular formula is C12H20N4O3. The van der Waals surface area contributed by atoms with Crippen molar-refractivity contribution in [3.63, 3.8) is 0 Å². The fourth-order valence-corrected chi connectivity index (χ4v) is 1.82. The summed E-state index contributed by atoms with van der Waals surface area (Å²) in [4.78, 5) is 28.9. The van der Waals surface area contributed by atoms with E-state index in [4.69, 9.17) is 0 Å². The van der Waals surface area contributed by atoms with Crippen molar-refractivity contribution >= 4 is 11.9 Å². The van der Waals surface area contributed by atoms with E-state index in [0.29, 0.717) is 11.6 Å². The maximum atomic E-state index is 12.2. The topological polar surface area (TPSA) is 99.2 Å². The third-order valence-electron chi connectivity index (χ3n) is 2.76. The summed E-state index contributed by atoms with van der Waals surface area (Å²) in [5.41, 5.74) is -0.647. The fraction of sp³-hybridized carbons (Fsp3) is 0.667. The Morgan fingerprint density at radius 3 is 2.37 bits per heavy atom. The predicted octanol–water partition coefficient (Wildman–Crippen LogP) is 0.818. The number of carbonyl (C=O) groups is 2. The van der Waals surface area contributed by atoms with Gasteiger partial charge in [0.2, 0.25) is 5.91 Å². The molecule has 0 fully saturated rings. The average molecular weight is 268 g/mol. The number of H-pyrrole nitrogens is 1. The van der Waals surface area contributed by atoms with Crippen LogP contribution in [0.3, 0.4) is 0 Å². The number of hydrogen-bond donors (Lipinski definition) is 2. The Kier molecular flexibility index (Phi) is 4.28. The molecule has 1 aromatic rings. The Morgan fingerprint density at radius 2 is 2.00 bits per heavy atom. The molecule has 0 radical (unpaired) electrons. The maximum Gasteiger partial charge on any atom is 0.316 e. The van der Waals surface area contributed by atoms with E-state index in [2.05, 4.69) is 15.2 Å². The Morgan fingerprint density at radius 1 is 1.42 bits per heavy atom. The molecule has 19 heavy (non-hydrogen) atoms. The van der Waals surface area contributed by atoms with Gasteiger partial charge in [0.15, 0.2) is 5.82 Å². The highest BCUT2D eigenvalue weighted by atomic mass is 16.4. The molecule has 0 aliphatic heterocycles. The van der Waals surface area contributed by atoms with Gasteiger partial charge in [0, 0.05) is 7.05 Å². The normalized spacial score (nSPS) is 13.1. The summed E-state index contributed by atoms with van der Waals surface area (Å²) < 4.78 is 0. The number of amides is 1. The van der Waals surface area contributed by atoms with E-state index in [-0.39, 0.29) is 6.54 Å². The van der Waals surface area contributed by atoms with Crippen molar-refractivity contribution in [2.24, 2.45) is 11.3 Å². The number of aryl methyl sites for hydroxylation is 1. The Labute approximate surface area is 112 Å². The molecule has 1 heterocycles. The van der Waals surface area contributed by atoms with E-state index in [0.717, 1.165) is 0 Å². The summed E-state index contributed by atoms with van der Waals surface area (Å²) in [5, 5.41) is 15.8. The van der Waals surface area contributed by atoms with Crippen LogP contribution in [0.1, 0.15) is 32.4 Å². The third-order valence-corrected chi connectivity index (χ3v) is 2.76. The van der Waals surface area contributed by atoms with Crippen molar-refractivity contribution in [1.82, 2.24) is 20.1 Å². The molecule has 1 atom stereocenters. The van der Waals surface area contributed by atoms with E-state index in [1.54, 1.807) is 34.7 Å². The van der Waals surface area contributed by atoms with Gasteiger partial charge in [-0.2, -0.15) is 5.10 Å². The molecule has 0 saturated carbocycles. The minimum absolute atomic E-state index is 0.184. The van der Waals surface area contributed by atoms with Gasteiger partial charge in [-0.1, -0.05) is 20.8 Å². The summed E-state index contributed by atoms with van der Waals surface area (Å²) in [6, 6.07) is 0. The number of nitrogens with one attached hydrogen (secondary N) is 1. The van der Waals surface area contributed by atoms with Gasteiger partial charge in [0.25, 0.3) is 0 Å². The largest absolute Gasteiger partial charge is 0.481 e. The van der Waals surface area contributed by atoms with E-state index >= 15 is 0 Å². The fourth-order valence-electron chi connectivity index (χ4n) is 1.82. The lowest BCUT2D eigenvalue weighted by atomic mass is 9.80. The number of carboxylic acid groups (broad SMARTS) is 1. The first-order valence-electron chi connectivity index (χ1n) is 5.98. The van der Waals surface area contributed by atoms with Crippen LogP contribution in [0.15, 0.2) is 0 Å². The molecular weight excluding hydrogens is 248 g/mol. The lowest BCUT2D eigenvalue weighted by Crippen LogP contribution is -2.43. The summed E-state index contributed by atoms with van der Waals surface area (Å²) in [6.07, 6.45) is 0. The Balaban J connectivity index is 2.83. The molecule has 2 N–H and O–H groups in total. The molecule has 0 aromatic carbocycles. The SMILES string of the molecule is Cc1nc(CN(C)C(=O)C(C(=O)O)C(C)(C)C)n[nH]1. The second kappa shape index (κ2) is 5.38. The molecule has 0 aliphatic rings. The highest BCUT2D eigenvalue weighted by molar-refractivity contribution is 5.97. The molecule has 0 bridgehead atoms. The predicted molar refractivity (Wildman–Crippen MR) is 68.2 cm³/mol. The Hall–Kier alpha value is -1.92. The monoisotopic (exact) mass is 268 g/mol. The number of hydrogen-bond acceptors (Lipinski definition) is 4. The van der Waals surface area contributed by atoms with Gasteiger partial charge >= 0.3 is 5.97 Å². The molecule has 106 valence electrons. The first-order chi connectivity index (χ1) is 8.62. The number of nitrogens with zero attached hydrogens (tertiary/aromatic N) is 3. The second-order valence-corrected chi connectivity index (χ2v) is 5.67. The van der Waals surface area contributed by atoms with Crippen molar-refractivity contribution in [1.29, 1.82) is 0 Å². The van der Waals surface area contributed by atoms with E-state index in [1.807, 2.05) is 0 Å². The van der Waals surface area contributed by atoms with Crippen molar-refractivity contribution in [3.8, 4) is 0 Å². The average Bonchev–Trinajstić information content (AvgIpc) is 2.60. The molecule has 7 heteroatoms. The van der Waals surface area contributed by atoms with Crippen molar-refractivity contribution in [2.75, 3.05) is 7.05 Å². The van der Waals surface area contributed by atoms with Crippen molar-refractivity contribution in [3.05, 3.63) is 11.6 Å². The van der Waals surface area contributed by atoms with Gasteiger partial charge in [-0.3, -0.25) is 14.7 Å². The van der Waals surface area contributed by atoms with Crippen LogP contribution in [0.25, 0.3) is 0 Å². The zero-order chi connectivity index (χ0) is 14.8. The summed E-state index contributed by atoms with van der Waals surface area (Å²) in [7, 11) is 1.55. The zero-order valence-corrected chi connectivity index (χ0v) is 11.9. The number of carbonyl (C=O) groups excluding carboxylic acids is 1. The first-order valence-corrected chi connectivity index (χ1v) is 5.98. The highest BCUT2D eigenvalue weighted by Crippen LogP contribution is 2.28. The van der Waals surface area contributed by atoms with E-state index in [1.165, 1.54) is 4.90 Å². The van der Waals surface area contributed by atoms with Crippen LogP contribution in [-0.2, 0) is 16.1 Å². The molecule has 1 rings (SSSR count). The highest BCUT2D eigenvalue weighted by Gasteiger charge is 2.39. The number of aromatic amines is 1. The van der Waals surface area contributed by atoms with Crippen LogP contribution >= 0.6 is 0 Å². The molecule has 0 aliphatic carbocycles. The lowest BCUT2D eigenvalue weighted by molar-refractivity contribution is -0.155. The minimum atomic E-state index is -1.12. The van der Waals surface area contributed by atoms with Crippen LogP contribution in [0.2, 0.25) is 0 Å². The lowest BCUT2D eigenvalue weighted by Gasteiger charge is -2.29. The number of aliphatic carboxylic acids is 1. The van der Waals surface area contributed by atoms with Gasteiger partial charge in [-0.25, -0.2) is 4.98 Å². The van der Waals surface area contributed by atoms with Gasteiger partial charge in [0.1, 0.15) is 11.7 Å². The number of aromatic nitrogens is 3. The first kappa shape index (κ1) is 15.1. The standard InChI is InChI=1S/C12H20N4O3/c1-7-13-8(15-14-7)6-16(5)10(17)9(11(18)19)12(2,3)4/h9H,6H2,1-5H3,(H,18,19)(H,13,14,15). The van der Waals surface area contributed by atoms with Gasteiger partial charge in [-0.05, 0) is 12.3 Å². The van der Waals surface area contributed by atoms with E-state index in [9.17, 15) is 14.7 Å². The van der Waals surface area contributed by atoms with E-state index < -0.39 is 23.2 Å². The summed E-state index contributed by atoms with van der Waals surface area (Å²) in [6.45, 7) is 7.13. The molecule has 1 amide bonds. The summed E-state index contributed by atoms with van der Waals surface area (Å²) >= 11 is 0. The third kappa shape index (κ3) is 3.77. The Bertz CT molecular complexity index is 476. The van der Waals surface area contributed by atoms with Crippen molar-refractivity contribution in [2.45, 2.75) is 34.2 Å². The zero-order valence-electron chi connectivity index (χ0n) is 11.9. The number of rotatable bonds is 4. The van der Waals surface area contributed by atoms with Gasteiger partial charge in [0.05, 0.1) is 6.54 Å². The van der Waals surface area contributed by atoms with Crippen LogP contribution in [0.4, 0.5) is 0 Å². The van der Waals surface area contributed by atoms with Crippen LogP contribution in [0, 0.1) is 18.3 Å². The molecule has 7 nitrogen and oxygen atoms in total. The van der Waals surface area contributed by atoms with Crippen LogP contribution < -0.4 is 0 Å². The van der Waals surface area contributed by atoms with Crippen molar-refractivity contribution < 1.29 is 14.7 Å². The molecule has 1 aromatic heterocycles. The van der Waals surface area contributed by atoms with Crippen LogP contribution in [0.5, 0.6) is 0 Å². The quantitative estimate of drug-likeness (QED) is 0.787. The van der Waals surface area contributed by atoms with Gasteiger partial charge in [-0.15, -0.1) is 0 Å². The molecule has 0 spiro atoms. The number of carboxylic acids is 1. The van der Waals surface area contributed by atoms with Gasteiger partial charge < -0.3 is 10.0 Å². The smallest absolute Gasteiger partial charge is 0.316 e. The minimum Gasteiger partial charge on any atom is -0.481 e. The van der Waals surface area contributed by atoms with Crippen LogP contribution in [-0.4, -0.2) is 44.1 Å². The molecule has 0 saturated heterocycles. The maximum absolute atomic E-state index is 12.2.